The van der Waals surface area contributed by atoms with E-state index in [4.69, 9.17) is 5.73 Å². The van der Waals surface area contributed by atoms with Crippen LogP contribution in [0.15, 0.2) is 6.33 Å². The third-order valence-corrected chi connectivity index (χ3v) is 5.03. The van der Waals surface area contributed by atoms with Crippen LogP contribution in [0.1, 0.15) is 49.8 Å². The average Bonchev–Trinajstić information content (AvgIpc) is 2.53. The van der Waals surface area contributed by atoms with Gasteiger partial charge in [-0.15, -0.1) is 0 Å². The molecule has 2 unspecified atom stereocenters. The summed E-state index contributed by atoms with van der Waals surface area (Å²) >= 11 is 0. The highest BCUT2D eigenvalue weighted by atomic mass is 15.0. The zero-order valence-corrected chi connectivity index (χ0v) is 12.3. The molecule has 20 heavy (non-hydrogen) atoms. The second-order valence-corrected chi connectivity index (χ2v) is 6.28. The summed E-state index contributed by atoms with van der Waals surface area (Å²) in [5.41, 5.74) is 8.54. The Morgan fingerprint density at radius 2 is 1.85 bits per heavy atom. The van der Waals surface area contributed by atoms with E-state index in [9.17, 15) is 0 Å². The van der Waals surface area contributed by atoms with Crippen molar-refractivity contribution in [3.63, 3.8) is 0 Å². The molecule has 0 amide bonds. The zero-order chi connectivity index (χ0) is 13.8. The van der Waals surface area contributed by atoms with Gasteiger partial charge in [-0.05, 0) is 56.9 Å². The Labute approximate surface area is 121 Å². The van der Waals surface area contributed by atoms with Gasteiger partial charge >= 0.3 is 0 Å². The van der Waals surface area contributed by atoms with E-state index in [-0.39, 0.29) is 0 Å². The third kappa shape index (κ3) is 2.95. The number of aryl methyl sites for hydroxylation is 1. The van der Waals surface area contributed by atoms with Gasteiger partial charge in [-0.2, -0.15) is 0 Å². The first-order chi connectivity index (χ1) is 9.88. The highest BCUT2D eigenvalue weighted by Crippen LogP contribution is 2.30. The first-order valence-electron chi connectivity index (χ1n) is 8.15. The summed E-state index contributed by atoms with van der Waals surface area (Å²) in [6, 6.07) is 0. The molecule has 0 aliphatic heterocycles. The molecule has 1 heterocycles. The van der Waals surface area contributed by atoms with Crippen molar-refractivity contribution in [3.05, 3.63) is 17.6 Å². The van der Waals surface area contributed by atoms with Crippen molar-refractivity contribution in [3.8, 4) is 0 Å². The number of nitrogens with zero attached hydrogens (tertiary/aromatic N) is 2. The van der Waals surface area contributed by atoms with Crippen LogP contribution in [0.25, 0.3) is 0 Å². The molecule has 2 atom stereocenters. The number of rotatable bonds is 4. The standard InChI is InChI=1S/C16H26N4/c17-9-12-5-1-2-6-13(12)10-18-16-14-7-3-4-8-15(14)19-11-20-16/h11-13H,1-10,17H2,(H,18,19,20). The average molecular weight is 274 g/mol. The molecule has 2 aliphatic carbocycles. The van der Waals surface area contributed by atoms with Crippen molar-refractivity contribution in [2.75, 3.05) is 18.4 Å². The molecule has 110 valence electrons. The maximum absolute atomic E-state index is 5.92. The quantitative estimate of drug-likeness (QED) is 0.885. The van der Waals surface area contributed by atoms with E-state index in [1.165, 1.54) is 49.8 Å². The molecule has 0 spiro atoms. The van der Waals surface area contributed by atoms with Crippen LogP contribution in [0, 0.1) is 11.8 Å². The maximum Gasteiger partial charge on any atom is 0.132 e. The summed E-state index contributed by atoms with van der Waals surface area (Å²) < 4.78 is 0. The Morgan fingerprint density at radius 1 is 1.05 bits per heavy atom. The minimum atomic E-state index is 0.689. The van der Waals surface area contributed by atoms with E-state index in [2.05, 4.69) is 15.3 Å². The van der Waals surface area contributed by atoms with Gasteiger partial charge in [0.15, 0.2) is 0 Å². The lowest BCUT2D eigenvalue weighted by Gasteiger charge is -2.31. The molecular weight excluding hydrogens is 248 g/mol. The monoisotopic (exact) mass is 274 g/mol. The zero-order valence-electron chi connectivity index (χ0n) is 12.3. The van der Waals surface area contributed by atoms with Gasteiger partial charge in [-0.25, -0.2) is 9.97 Å². The lowest BCUT2D eigenvalue weighted by atomic mass is 9.79. The summed E-state index contributed by atoms with van der Waals surface area (Å²) in [7, 11) is 0. The van der Waals surface area contributed by atoms with Crippen molar-refractivity contribution in [1.29, 1.82) is 0 Å². The number of anilines is 1. The minimum absolute atomic E-state index is 0.689. The molecule has 2 aliphatic rings. The van der Waals surface area contributed by atoms with Gasteiger partial charge < -0.3 is 11.1 Å². The fraction of sp³-hybridized carbons (Fsp3) is 0.750. The summed E-state index contributed by atoms with van der Waals surface area (Å²) in [5, 5.41) is 3.60. The highest BCUT2D eigenvalue weighted by Gasteiger charge is 2.24. The van der Waals surface area contributed by atoms with E-state index in [0.717, 1.165) is 31.7 Å². The molecule has 1 aromatic heterocycles. The largest absolute Gasteiger partial charge is 0.369 e. The van der Waals surface area contributed by atoms with Gasteiger partial charge in [0.05, 0.1) is 0 Å². The van der Waals surface area contributed by atoms with Crippen LogP contribution < -0.4 is 11.1 Å². The normalized spacial score (nSPS) is 26.1. The molecule has 4 nitrogen and oxygen atoms in total. The Balaban J connectivity index is 1.66. The minimum Gasteiger partial charge on any atom is -0.369 e. The number of nitrogens with two attached hydrogens (primary N) is 1. The second-order valence-electron chi connectivity index (χ2n) is 6.28. The van der Waals surface area contributed by atoms with Crippen molar-refractivity contribution in [2.45, 2.75) is 51.4 Å². The van der Waals surface area contributed by atoms with E-state index in [0.29, 0.717) is 11.8 Å². The van der Waals surface area contributed by atoms with E-state index in [1.54, 1.807) is 6.33 Å². The van der Waals surface area contributed by atoms with Crippen LogP contribution in [-0.4, -0.2) is 23.1 Å². The first-order valence-corrected chi connectivity index (χ1v) is 8.15. The third-order valence-electron chi connectivity index (χ3n) is 5.03. The number of nitrogens with one attached hydrogen (secondary N) is 1. The van der Waals surface area contributed by atoms with Gasteiger partial charge in [0.2, 0.25) is 0 Å². The van der Waals surface area contributed by atoms with Gasteiger partial charge in [0, 0.05) is 17.8 Å². The molecule has 4 heteroatoms. The molecule has 1 fully saturated rings. The molecule has 3 N–H and O–H groups in total. The molecule has 0 aromatic carbocycles. The summed E-state index contributed by atoms with van der Waals surface area (Å²) in [6.07, 6.45) is 11.8. The predicted molar refractivity (Wildman–Crippen MR) is 81.7 cm³/mol. The van der Waals surface area contributed by atoms with Crippen molar-refractivity contribution in [1.82, 2.24) is 9.97 Å². The number of fused-ring (bicyclic) bond motifs is 1. The molecule has 1 saturated carbocycles. The lowest BCUT2D eigenvalue weighted by molar-refractivity contribution is 0.255. The molecule has 1 aromatic rings. The number of aromatic nitrogens is 2. The number of hydrogen-bond donors (Lipinski definition) is 2. The predicted octanol–water partition coefficient (Wildman–Crippen LogP) is 2.53. The Kier molecular flexibility index (Phi) is 4.51. The van der Waals surface area contributed by atoms with Crippen molar-refractivity contribution in [2.24, 2.45) is 17.6 Å². The molecular formula is C16H26N4. The summed E-state index contributed by atoms with van der Waals surface area (Å²) in [6.45, 7) is 1.85. The van der Waals surface area contributed by atoms with Crippen LogP contribution in [0.3, 0.4) is 0 Å². The molecule has 0 radical (unpaired) electrons. The topological polar surface area (TPSA) is 63.8 Å². The Hall–Kier alpha value is -1.16. The first kappa shape index (κ1) is 13.8. The number of hydrogen-bond acceptors (Lipinski definition) is 4. The van der Waals surface area contributed by atoms with Gasteiger partial charge in [0.25, 0.3) is 0 Å². The van der Waals surface area contributed by atoms with Gasteiger partial charge in [-0.3, -0.25) is 0 Å². The Bertz CT molecular complexity index is 446. The van der Waals surface area contributed by atoms with Gasteiger partial charge in [0.1, 0.15) is 12.1 Å². The molecule has 0 bridgehead atoms. The fourth-order valence-corrected chi connectivity index (χ4v) is 3.76. The molecule has 3 rings (SSSR count). The van der Waals surface area contributed by atoms with Crippen LogP contribution in [0.2, 0.25) is 0 Å². The Morgan fingerprint density at radius 3 is 2.70 bits per heavy atom. The smallest absolute Gasteiger partial charge is 0.132 e. The highest BCUT2D eigenvalue weighted by molar-refractivity contribution is 5.47. The van der Waals surface area contributed by atoms with Crippen molar-refractivity contribution >= 4 is 5.82 Å². The van der Waals surface area contributed by atoms with Crippen LogP contribution in [-0.2, 0) is 12.8 Å². The summed E-state index contributed by atoms with van der Waals surface area (Å²) in [5.74, 6) is 2.48. The molecule has 0 saturated heterocycles. The van der Waals surface area contributed by atoms with Crippen LogP contribution in [0.4, 0.5) is 5.82 Å². The van der Waals surface area contributed by atoms with Crippen LogP contribution >= 0.6 is 0 Å². The lowest BCUT2D eigenvalue weighted by Crippen LogP contribution is -2.31. The SMILES string of the molecule is NCC1CCCCC1CNc1ncnc2c1CCCC2. The second kappa shape index (κ2) is 6.53. The van der Waals surface area contributed by atoms with E-state index < -0.39 is 0 Å². The van der Waals surface area contributed by atoms with Crippen molar-refractivity contribution < 1.29 is 0 Å². The summed E-state index contributed by atoms with van der Waals surface area (Å²) in [4.78, 5) is 8.91. The van der Waals surface area contributed by atoms with Gasteiger partial charge in [-0.1, -0.05) is 12.8 Å². The van der Waals surface area contributed by atoms with E-state index in [1.807, 2.05) is 0 Å². The van der Waals surface area contributed by atoms with Crippen LogP contribution in [0.5, 0.6) is 0 Å². The fourth-order valence-electron chi connectivity index (χ4n) is 3.76. The maximum atomic E-state index is 5.92. The van der Waals surface area contributed by atoms with E-state index >= 15 is 0 Å².